The first-order valence-electron chi connectivity index (χ1n) is 7.07. The van der Waals surface area contributed by atoms with Gasteiger partial charge in [0.2, 0.25) is 0 Å². The second kappa shape index (κ2) is 7.09. The van der Waals surface area contributed by atoms with Gasteiger partial charge in [-0.1, -0.05) is 18.2 Å². The minimum Gasteiger partial charge on any atom is -0.497 e. The Morgan fingerprint density at radius 1 is 1.14 bits per heavy atom. The third kappa shape index (κ3) is 4.20. The van der Waals surface area contributed by atoms with Crippen LogP contribution >= 0.6 is 0 Å². The predicted octanol–water partition coefficient (Wildman–Crippen LogP) is 3.53. The number of hydrogen-bond acceptors (Lipinski definition) is 3. The summed E-state index contributed by atoms with van der Waals surface area (Å²) in [5, 5.41) is 20.9. The molecule has 4 heteroatoms. The van der Waals surface area contributed by atoms with Crippen LogP contribution in [0.3, 0.4) is 0 Å². The van der Waals surface area contributed by atoms with Gasteiger partial charge in [0.1, 0.15) is 5.75 Å². The van der Waals surface area contributed by atoms with Gasteiger partial charge in [0.25, 0.3) is 0 Å². The van der Waals surface area contributed by atoms with Crippen molar-refractivity contribution in [2.45, 2.75) is 31.8 Å². The molecule has 0 fully saturated rings. The van der Waals surface area contributed by atoms with Gasteiger partial charge in [-0.05, 0) is 53.8 Å². The number of unbranched alkanes of at least 4 members (excludes halogenated alkanes) is 1. The van der Waals surface area contributed by atoms with E-state index in [1.807, 2.05) is 36.4 Å². The number of methoxy groups -OCH3 is 1. The summed E-state index contributed by atoms with van der Waals surface area (Å²) < 4.78 is 5.19. The molecule has 2 aromatic rings. The van der Waals surface area contributed by atoms with E-state index in [0.29, 0.717) is 19.3 Å². The second-order valence-electron chi connectivity index (χ2n) is 5.13. The first kappa shape index (κ1) is 15.3. The summed E-state index contributed by atoms with van der Waals surface area (Å²) in [5.74, 6) is 0.0219. The molecule has 0 aliphatic heterocycles. The molecule has 0 radical (unpaired) electrons. The molecule has 0 heterocycles. The van der Waals surface area contributed by atoms with Gasteiger partial charge in [0.15, 0.2) is 0 Å². The van der Waals surface area contributed by atoms with E-state index in [1.165, 1.54) is 0 Å². The lowest BCUT2D eigenvalue weighted by Crippen LogP contribution is -1.99. The number of aliphatic carboxylic acids is 1. The summed E-state index contributed by atoms with van der Waals surface area (Å²) in [7, 11) is 1.64. The summed E-state index contributed by atoms with van der Waals surface area (Å²) >= 11 is 0. The molecule has 1 atom stereocenters. The SMILES string of the molecule is COc1ccc2cc(C(O)CCCCC(=O)O)ccc2c1. The van der Waals surface area contributed by atoms with Gasteiger partial charge < -0.3 is 14.9 Å². The number of carbonyl (C=O) groups is 1. The van der Waals surface area contributed by atoms with E-state index < -0.39 is 12.1 Å². The maximum Gasteiger partial charge on any atom is 0.303 e. The Labute approximate surface area is 124 Å². The van der Waals surface area contributed by atoms with E-state index in [-0.39, 0.29) is 6.42 Å². The molecular formula is C17H20O4. The fourth-order valence-corrected chi connectivity index (χ4v) is 2.36. The van der Waals surface area contributed by atoms with E-state index in [0.717, 1.165) is 22.1 Å². The summed E-state index contributed by atoms with van der Waals surface area (Å²) in [6, 6.07) is 11.7. The summed E-state index contributed by atoms with van der Waals surface area (Å²) in [4.78, 5) is 10.4. The number of aliphatic hydroxyl groups is 1. The first-order valence-corrected chi connectivity index (χ1v) is 7.07. The van der Waals surface area contributed by atoms with E-state index in [4.69, 9.17) is 9.84 Å². The maximum atomic E-state index is 10.4. The number of benzene rings is 2. The average molecular weight is 288 g/mol. The van der Waals surface area contributed by atoms with Crippen molar-refractivity contribution in [2.24, 2.45) is 0 Å². The third-order valence-electron chi connectivity index (χ3n) is 3.57. The van der Waals surface area contributed by atoms with Crippen LogP contribution in [0, 0.1) is 0 Å². The molecular weight excluding hydrogens is 268 g/mol. The Morgan fingerprint density at radius 3 is 2.57 bits per heavy atom. The minimum atomic E-state index is -0.788. The minimum absolute atomic E-state index is 0.157. The van der Waals surface area contributed by atoms with Crippen molar-refractivity contribution in [3.63, 3.8) is 0 Å². The Morgan fingerprint density at radius 2 is 1.86 bits per heavy atom. The highest BCUT2D eigenvalue weighted by atomic mass is 16.5. The Bertz CT molecular complexity index is 621. The Balaban J connectivity index is 2.02. The lowest BCUT2D eigenvalue weighted by molar-refractivity contribution is -0.137. The number of carboxylic acids is 1. The molecule has 112 valence electrons. The standard InChI is InChI=1S/C17H20O4/c1-21-15-9-8-12-10-14(7-6-13(12)11-15)16(18)4-2-3-5-17(19)20/h6-11,16,18H,2-5H2,1H3,(H,19,20). The van der Waals surface area contributed by atoms with E-state index >= 15 is 0 Å². The Kier molecular flexibility index (Phi) is 5.17. The van der Waals surface area contributed by atoms with Gasteiger partial charge in [0, 0.05) is 6.42 Å². The molecule has 0 aliphatic rings. The topological polar surface area (TPSA) is 66.8 Å². The van der Waals surface area contributed by atoms with Crippen LogP contribution in [0.15, 0.2) is 36.4 Å². The first-order chi connectivity index (χ1) is 10.1. The second-order valence-corrected chi connectivity index (χ2v) is 5.13. The fraction of sp³-hybridized carbons (Fsp3) is 0.353. The van der Waals surface area contributed by atoms with Crippen molar-refractivity contribution < 1.29 is 19.7 Å². The highest BCUT2D eigenvalue weighted by molar-refractivity contribution is 5.84. The summed E-state index contributed by atoms with van der Waals surface area (Å²) in [6.45, 7) is 0. The summed E-state index contributed by atoms with van der Waals surface area (Å²) in [5.41, 5.74) is 0.864. The lowest BCUT2D eigenvalue weighted by Gasteiger charge is -2.12. The largest absolute Gasteiger partial charge is 0.497 e. The third-order valence-corrected chi connectivity index (χ3v) is 3.57. The monoisotopic (exact) mass is 288 g/mol. The number of fused-ring (bicyclic) bond motifs is 1. The normalized spacial score (nSPS) is 12.3. The molecule has 0 saturated heterocycles. The van der Waals surface area contributed by atoms with E-state index in [9.17, 15) is 9.90 Å². The molecule has 21 heavy (non-hydrogen) atoms. The van der Waals surface area contributed by atoms with Crippen molar-refractivity contribution in [2.75, 3.05) is 7.11 Å². The number of carboxylic acid groups (broad SMARTS) is 1. The Hall–Kier alpha value is -2.07. The van der Waals surface area contributed by atoms with Crippen molar-refractivity contribution in [3.05, 3.63) is 42.0 Å². The van der Waals surface area contributed by atoms with Crippen LogP contribution in [0.5, 0.6) is 5.75 Å². The van der Waals surface area contributed by atoms with Crippen molar-refractivity contribution in [1.29, 1.82) is 0 Å². The molecule has 2 aromatic carbocycles. The smallest absolute Gasteiger partial charge is 0.303 e. The van der Waals surface area contributed by atoms with Gasteiger partial charge in [-0.3, -0.25) is 4.79 Å². The molecule has 2 rings (SSSR count). The van der Waals surface area contributed by atoms with Gasteiger partial charge >= 0.3 is 5.97 Å². The molecule has 4 nitrogen and oxygen atoms in total. The van der Waals surface area contributed by atoms with E-state index in [2.05, 4.69) is 0 Å². The molecule has 0 amide bonds. The van der Waals surface area contributed by atoms with Crippen LogP contribution in [-0.4, -0.2) is 23.3 Å². The lowest BCUT2D eigenvalue weighted by atomic mass is 9.99. The zero-order chi connectivity index (χ0) is 15.2. The predicted molar refractivity (Wildman–Crippen MR) is 81.6 cm³/mol. The van der Waals surface area contributed by atoms with E-state index in [1.54, 1.807) is 7.11 Å². The molecule has 0 spiro atoms. The number of ether oxygens (including phenoxy) is 1. The zero-order valence-electron chi connectivity index (χ0n) is 12.1. The number of rotatable bonds is 7. The van der Waals surface area contributed by atoms with Gasteiger partial charge in [-0.25, -0.2) is 0 Å². The molecule has 0 aliphatic carbocycles. The van der Waals surface area contributed by atoms with Crippen molar-refractivity contribution in [1.82, 2.24) is 0 Å². The van der Waals surface area contributed by atoms with Crippen LogP contribution in [-0.2, 0) is 4.79 Å². The quantitative estimate of drug-likeness (QED) is 0.765. The van der Waals surface area contributed by atoms with Gasteiger partial charge in [-0.15, -0.1) is 0 Å². The van der Waals surface area contributed by atoms with Crippen LogP contribution in [0.25, 0.3) is 10.8 Å². The van der Waals surface area contributed by atoms with Crippen LogP contribution < -0.4 is 4.74 Å². The number of hydrogen-bond donors (Lipinski definition) is 2. The average Bonchev–Trinajstić information content (AvgIpc) is 2.50. The number of aliphatic hydroxyl groups excluding tert-OH is 1. The maximum absolute atomic E-state index is 10.4. The molecule has 1 unspecified atom stereocenters. The highest BCUT2D eigenvalue weighted by Gasteiger charge is 2.09. The van der Waals surface area contributed by atoms with Crippen molar-refractivity contribution in [3.8, 4) is 5.75 Å². The molecule has 0 bridgehead atoms. The van der Waals surface area contributed by atoms with Crippen LogP contribution in [0.2, 0.25) is 0 Å². The van der Waals surface area contributed by atoms with Gasteiger partial charge in [0.05, 0.1) is 13.2 Å². The van der Waals surface area contributed by atoms with Crippen LogP contribution in [0.1, 0.15) is 37.4 Å². The van der Waals surface area contributed by atoms with Crippen molar-refractivity contribution >= 4 is 16.7 Å². The summed E-state index contributed by atoms with van der Waals surface area (Å²) in [6.07, 6.45) is 1.48. The molecule has 2 N–H and O–H groups in total. The fourth-order valence-electron chi connectivity index (χ4n) is 2.36. The molecule has 0 aromatic heterocycles. The van der Waals surface area contributed by atoms with Crippen LogP contribution in [0.4, 0.5) is 0 Å². The van der Waals surface area contributed by atoms with Gasteiger partial charge in [-0.2, -0.15) is 0 Å². The zero-order valence-corrected chi connectivity index (χ0v) is 12.1. The highest BCUT2D eigenvalue weighted by Crippen LogP contribution is 2.26. The molecule has 0 saturated carbocycles.